The summed E-state index contributed by atoms with van der Waals surface area (Å²) < 4.78 is 11.5. The average molecular weight is 431 g/mol. The first-order valence-electron chi connectivity index (χ1n) is 12.3. The minimum absolute atomic E-state index is 0.112. The number of hydrogen-bond donors (Lipinski definition) is 1. The van der Waals surface area contributed by atoms with Gasteiger partial charge in [0.2, 0.25) is 0 Å². The SMILES string of the molecule is CCCCCCCCCCC[C@H](C/C=C(C)/C=C(\C)CO)OCc1ccc(OC)cc1. The first-order chi connectivity index (χ1) is 15.1. The van der Waals surface area contributed by atoms with E-state index in [4.69, 9.17) is 9.47 Å². The lowest BCUT2D eigenvalue weighted by molar-refractivity contribution is 0.0352. The maximum absolute atomic E-state index is 9.23. The molecule has 0 aromatic heterocycles. The molecule has 0 unspecified atom stereocenters. The van der Waals surface area contributed by atoms with E-state index in [1.807, 2.05) is 19.1 Å². The van der Waals surface area contributed by atoms with Gasteiger partial charge in [0.05, 0.1) is 26.4 Å². The van der Waals surface area contributed by atoms with Crippen LogP contribution in [-0.4, -0.2) is 24.9 Å². The van der Waals surface area contributed by atoms with Crippen molar-refractivity contribution in [1.82, 2.24) is 0 Å². The highest BCUT2D eigenvalue weighted by Gasteiger charge is 2.09. The van der Waals surface area contributed by atoms with Crippen LogP contribution < -0.4 is 4.74 Å². The molecule has 0 aliphatic rings. The Morgan fingerprint density at radius 1 is 0.935 bits per heavy atom. The maximum atomic E-state index is 9.23. The van der Waals surface area contributed by atoms with Gasteiger partial charge in [-0.1, -0.05) is 94.6 Å². The van der Waals surface area contributed by atoms with Crippen molar-refractivity contribution in [3.8, 4) is 5.75 Å². The van der Waals surface area contributed by atoms with E-state index >= 15 is 0 Å². The minimum atomic E-state index is 0.112. The van der Waals surface area contributed by atoms with Gasteiger partial charge in [-0.05, 0) is 50.0 Å². The van der Waals surface area contributed by atoms with Gasteiger partial charge in [-0.15, -0.1) is 0 Å². The smallest absolute Gasteiger partial charge is 0.118 e. The summed E-state index contributed by atoms with van der Waals surface area (Å²) in [4.78, 5) is 0. The first-order valence-corrected chi connectivity index (χ1v) is 12.3. The van der Waals surface area contributed by atoms with Crippen LogP contribution in [0.25, 0.3) is 0 Å². The van der Waals surface area contributed by atoms with Crippen LogP contribution in [0.3, 0.4) is 0 Å². The monoisotopic (exact) mass is 430 g/mol. The summed E-state index contributed by atoms with van der Waals surface area (Å²) in [5.41, 5.74) is 3.36. The van der Waals surface area contributed by atoms with E-state index in [0.29, 0.717) is 6.61 Å². The predicted octanol–water partition coefficient (Wildman–Crippen LogP) is 7.78. The van der Waals surface area contributed by atoms with Gasteiger partial charge in [0.15, 0.2) is 0 Å². The lowest BCUT2D eigenvalue weighted by Crippen LogP contribution is -2.12. The lowest BCUT2D eigenvalue weighted by Gasteiger charge is -2.17. The highest BCUT2D eigenvalue weighted by Crippen LogP contribution is 2.18. The van der Waals surface area contributed by atoms with E-state index in [-0.39, 0.29) is 12.7 Å². The Balaban J connectivity index is 2.46. The summed E-state index contributed by atoms with van der Waals surface area (Å²) in [6, 6.07) is 8.12. The molecule has 0 aliphatic heterocycles. The molecule has 3 heteroatoms. The molecule has 0 aliphatic carbocycles. The largest absolute Gasteiger partial charge is 0.497 e. The summed E-state index contributed by atoms with van der Waals surface area (Å²) in [5, 5.41) is 9.23. The number of ether oxygens (including phenoxy) is 2. The van der Waals surface area contributed by atoms with Crippen LogP contribution in [0.2, 0.25) is 0 Å². The second-order valence-electron chi connectivity index (χ2n) is 8.73. The van der Waals surface area contributed by atoms with E-state index in [1.54, 1.807) is 7.11 Å². The lowest BCUT2D eigenvalue weighted by atomic mass is 10.0. The number of rotatable bonds is 18. The van der Waals surface area contributed by atoms with Gasteiger partial charge in [-0.25, -0.2) is 0 Å². The van der Waals surface area contributed by atoms with E-state index in [0.717, 1.165) is 24.2 Å². The Hall–Kier alpha value is -1.58. The number of benzene rings is 1. The zero-order valence-corrected chi connectivity index (χ0v) is 20.5. The zero-order valence-electron chi connectivity index (χ0n) is 20.5. The van der Waals surface area contributed by atoms with Crippen LogP contribution in [0.5, 0.6) is 5.75 Å². The third kappa shape index (κ3) is 14.2. The Kier molecular flexibility index (Phi) is 16.0. The normalized spacial score (nSPS) is 13.5. The number of aliphatic hydroxyl groups is 1. The van der Waals surface area contributed by atoms with Gasteiger partial charge < -0.3 is 14.6 Å². The van der Waals surface area contributed by atoms with E-state index < -0.39 is 0 Å². The fourth-order valence-corrected chi connectivity index (χ4v) is 3.70. The van der Waals surface area contributed by atoms with E-state index in [2.05, 4.69) is 38.1 Å². The zero-order chi connectivity index (χ0) is 22.7. The number of methoxy groups -OCH3 is 1. The van der Waals surface area contributed by atoms with Crippen LogP contribution in [0, 0.1) is 0 Å². The number of aliphatic hydroxyl groups excluding tert-OH is 1. The topological polar surface area (TPSA) is 38.7 Å². The van der Waals surface area contributed by atoms with Gasteiger partial charge in [-0.3, -0.25) is 0 Å². The molecule has 1 aromatic rings. The molecule has 0 spiro atoms. The molecule has 0 saturated carbocycles. The molecule has 0 fully saturated rings. The van der Waals surface area contributed by atoms with E-state index in [9.17, 15) is 5.11 Å². The molecular weight excluding hydrogens is 384 g/mol. The standard InChI is InChI=1S/C28H46O3/c1-5-6-7-8-9-10-11-12-13-14-28(18-15-24(2)21-25(3)22-29)31-23-26-16-19-27(30-4)20-17-26/h15-17,19-21,28-29H,5-14,18,22-23H2,1-4H3/b24-15+,25-21+/t28-/m1/s1. The van der Waals surface area contributed by atoms with Crippen LogP contribution in [0.1, 0.15) is 97.0 Å². The minimum Gasteiger partial charge on any atom is -0.497 e. The summed E-state index contributed by atoms with van der Waals surface area (Å²) in [7, 11) is 1.69. The Bertz CT molecular complexity index is 616. The fourth-order valence-electron chi connectivity index (χ4n) is 3.70. The molecule has 31 heavy (non-hydrogen) atoms. The number of hydrogen-bond acceptors (Lipinski definition) is 3. The van der Waals surface area contributed by atoms with Gasteiger partial charge in [0.1, 0.15) is 5.75 Å². The van der Waals surface area contributed by atoms with Gasteiger partial charge in [0.25, 0.3) is 0 Å². The van der Waals surface area contributed by atoms with Gasteiger partial charge >= 0.3 is 0 Å². The van der Waals surface area contributed by atoms with Crippen molar-refractivity contribution in [3.05, 3.63) is 53.1 Å². The summed E-state index contributed by atoms with van der Waals surface area (Å²) >= 11 is 0. The molecular formula is C28H46O3. The summed E-state index contributed by atoms with van der Waals surface area (Å²) in [6.07, 6.45) is 18.6. The maximum Gasteiger partial charge on any atom is 0.118 e. The fraction of sp³-hybridized carbons (Fsp3) is 0.643. The number of allylic oxidation sites excluding steroid dienone is 2. The van der Waals surface area contributed by atoms with Crippen molar-refractivity contribution >= 4 is 0 Å². The highest BCUT2D eigenvalue weighted by molar-refractivity contribution is 5.26. The first kappa shape index (κ1) is 27.5. The third-order valence-electron chi connectivity index (χ3n) is 5.70. The number of unbranched alkanes of at least 4 members (excludes halogenated alkanes) is 8. The van der Waals surface area contributed by atoms with Crippen LogP contribution in [0.4, 0.5) is 0 Å². The van der Waals surface area contributed by atoms with Crippen LogP contribution >= 0.6 is 0 Å². The highest BCUT2D eigenvalue weighted by atomic mass is 16.5. The predicted molar refractivity (Wildman–Crippen MR) is 133 cm³/mol. The van der Waals surface area contributed by atoms with Crippen molar-refractivity contribution in [2.24, 2.45) is 0 Å². The molecule has 3 nitrogen and oxygen atoms in total. The molecule has 1 atom stereocenters. The summed E-state index contributed by atoms with van der Waals surface area (Å²) in [5.74, 6) is 0.875. The summed E-state index contributed by atoms with van der Waals surface area (Å²) in [6.45, 7) is 7.06. The van der Waals surface area contributed by atoms with Crippen molar-refractivity contribution in [2.45, 2.75) is 104 Å². The molecule has 0 saturated heterocycles. The van der Waals surface area contributed by atoms with Gasteiger partial charge in [0, 0.05) is 0 Å². The average Bonchev–Trinajstić information content (AvgIpc) is 2.79. The Labute approximate surface area is 191 Å². The van der Waals surface area contributed by atoms with Crippen LogP contribution in [-0.2, 0) is 11.3 Å². The van der Waals surface area contributed by atoms with Crippen molar-refractivity contribution < 1.29 is 14.6 Å². The molecule has 176 valence electrons. The second-order valence-corrected chi connectivity index (χ2v) is 8.73. The molecule has 1 aromatic carbocycles. The molecule has 0 bridgehead atoms. The Morgan fingerprint density at radius 3 is 2.13 bits per heavy atom. The van der Waals surface area contributed by atoms with Crippen molar-refractivity contribution in [2.75, 3.05) is 13.7 Å². The third-order valence-corrected chi connectivity index (χ3v) is 5.70. The molecule has 0 amide bonds. The van der Waals surface area contributed by atoms with Gasteiger partial charge in [-0.2, -0.15) is 0 Å². The Morgan fingerprint density at radius 2 is 1.55 bits per heavy atom. The molecule has 0 heterocycles. The van der Waals surface area contributed by atoms with E-state index in [1.165, 1.54) is 68.9 Å². The molecule has 1 rings (SSSR count). The van der Waals surface area contributed by atoms with Crippen molar-refractivity contribution in [1.29, 1.82) is 0 Å². The van der Waals surface area contributed by atoms with Crippen LogP contribution in [0.15, 0.2) is 47.6 Å². The van der Waals surface area contributed by atoms with Crippen molar-refractivity contribution in [3.63, 3.8) is 0 Å². The quantitative estimate of drug-likeness (QED) is 0.191. The second kappa shape index (κ2) is 18.0. The molecule has 0 radical (unpaired) electrons. The molecule has 1 N–H and O–H groups in total.